The molecule has 0 aliphatic rings. The van der Waals surface area contributed by atoms with Crippen LogP contribution in [0.1, 0.15) is 37.8 Å². The molecule has 0 aromatic heterocycles. The molecule has 0 atom stereocenters. The van der Waals surface area contributed by atoms with Gasteiger partial charge < -0.3 is 15.6 Å². The molecule has 4 nitrogen and oxygen atoms in total. The average molecular weight is 359 g/mol. The number of ether oxygens (including phenoxy) is 1. The van der Waals surface area contributed by atoms with E-state index in [1.54, 1.807) is 0 Å². The summed E-state index contributed by atoms with van der Waals surface area (Å²) in [5.41, 5.74) is 9.24. The number of anilines is 1. The van der Waals surface area contributed by atoms with Crippen LogP contribution in [0.5, 0.6) is 0 Å². The van der Waals surface area contributed by atoms with Gasteiger partial charge in [0.05, 0.1) is 12.3 Å². The maximum atomic E-state index is 8.74. The Morgan fingerprint density at radius 2 is 1.95 bits per heavy atom. The second kappa shape index (κ2) is 10.2. The van der Waals surface area contributed by atoms with E-state index >= 15 is 0 Å². The normalized spacial score (nSPS) is 11.3. The largest absolute Gasteiger partial charge is 0.398 e. The first-order valence-corrected chi connectivity index (χ1v) is 8.39. The van der Waals surface area contributed by atoms with Crippen LogP contribution in [-0.4, -0.2) is 36.3 Å². The number of nitrogen functional groups attached to an aromatic ring is 1. The van der Waals surface area contributed by atoms with Crippen molar-refractivity contribution < 1.29 is 9.84 Å². The molecule has 0 unspecified atom stereocenters. The van der Waals surface area contributed by atoms with E-state index in [0.717, 1.165) is 53.8 Å². The van der Waals surface area contributed by atoms with Crippen LogP contribution >= 0.6 is 15.9 Å². The van der Waals surface area contributed by atoms with Crippen molar-refractivity contribution in [2.45, 2.75) is 39.8 Å². The number of aliphatic hydroxyl groups excluding tert-OH is 1. The van der Waals surface area contributed by atoms with Gasteiger partial charge in [0.25, 0.3) is 0 Å². The molecule has 0 aliphatic heterocycles. The quantitative estimate of drug-likeness (QED) is 0.498. The number of hydrogen-bond acceptors (Lipinski definition) is 4. The molecule has 0 bridgehead atoms. The van der Waals surface area contributed by atoms with Gasteiger partial charge in [-0.3, -0.25) is 4.90 Å². The summed E-state index contributed by atoms with van der Waals surface area (Å²) < 4.78 is 6.57. The molecular weight excluding hydrogens is 332 g/mol. The maximum absolute atomic E-state index is 8.74. The fourth-order valence-electron chi connectivity index (χ4n) is 2.15. The molecule has 0 amide bonds. The van der Waals surface area contributed by atoms with Crippen molar-refractivity contribution >= 4 is 21.6 Å². The van der Waals surface area contributed by atoms with Crippen LogP contribution in [-0.2, 0) is 17.9 Å². The highest BCUT2D eigenvalue weighted by molar-refractivity contribution is 9.10. The molecule has 0 saturated heterocycles. The van der Waals surface area contributed by atoms with Gasteiger partial charge in [-0.15, -0.1) is 0 Å². The van der Waals surface area contributed by atoms with E-state index in [-0.39, 0.29) is 6.61 Å². The van der Waals surface area contributed by atoms with E-state index in [9.17, 15) is 0 Å². The molecule has 21 heavy (non-hydrogen) atoms. The van der Waals surface area contributed by atoms with Gasteiger partial charge in [0.1, 0.15) is 0 Å². The maximum Gasteiger partial charge on any atom is 0.0717 e. The minimum Gasteiger partial charge on any atom is -0.398 e. The monoisotopic (exact) mass is 358 g/mol. The van der Waals surface area contributed by atoms with Crippen LogP contribution in [0.25, 0.3) is 0 Å². The average Bonchev–Trinajstić information content (AvgIpc) is 2.49. The summed E-state index contributed by atoms with van der Waals surface area (Å²) in [6.45, 7) is 8.67. The molecule has 0 heterocycles. The minimum absolute atomic E-state index is 0.227. The molecule has 120 valence electrons. The lowest BCUT2D eigenvalue weighted by atomic mass is 10.1. The molecule has 1 rings (SSSR count). The Morgan fingerprint density at radius 3 is 2.57 bits per heavy atom. The van der Waals surface area contributed by atoms with Crippen molar-refractivity contribution in [3.05, 3.63) is 27.7 Å². The Labute approximate surface area is 136 Å². The molecule has 3 N–H and O–H groups in total. The van der Waals surface area contributed by atoms with E-state index in [4.69, 9.17) is 15.6 Å². The highest BCUT2D eigenvalue weighted by atomic mass is 79.9. The zero-order valence-electron chi connectivity index (χ0n) is 13.1. The van der Waals surface area contributed by atoms with Crippen LogP contribution in [0.3, 0.4) is 0 Å². The smallest absolute Gasteiger partial charge is 0.0717 e. The molecular formula is C16H27BrN2O2. The summed E-state index contributed by atoms with van der Waals surface area (Å²) in [4.78, 5) is 2.34. The van der Waals surface area contributed by atoms with Crippen LogP contribution < -0.4 is 5.73 Å². The molecule has 0 spiro atoms. The number of nitrogens with two attached hydrogens (primary N) is 1. The first-order chi connectivity index (χ1) is 10.1. The van der Waals surface area contributed by atoms with Crippen molar-refractivity contribution in [3.63, 3.8) is 0 Å². The second-order valence-electron chi connectivity index (χ2n) is 5.10. The van der Waals surface area contributed by atoms with Crippen molar-refractivity contribution in [1.82, 2.24) is 4.90 Å². The summed E-state index contributed by atoms with van der Waals surface area (Å²) in [7, 11) is 0. The molecule has 0 saturated carbocycles. The molecule has 0 radical (unpaired) electrons. The van der Waals surface area contributed by atoms with E-state index in [1.165, 1.54) is 0 Å². The first-order valence-electron chi connectivity index (χ1n) is 7.60. The SMILES string of the molecule is CCN(CC)Cc1cc(COCCCCO)cc(Br)c1N. The van der Waals surface area contributed by atoms with Gasteiger partial charge in [-0.1, -0.05) is 19.9 Å². The Kier molecular flexibility index (Phi) is 8.92. The topological polar surface area (TPSA) is 58.7 Å². The first kappa shape index (κ1) is 18.4. The Balaban J connectivity index is 2.67. The molecule has 0 aliphatic carbocycles. The van der Waals surface area contributed by atoms with Crippen LogP contribution in [0, 0.1) is 0 Å². The van der Waals surface area contributed by atoms with Gasteiger partial charge in [-0.25, -0.2) is 0 Å². The summed E-state index contributed by atoms with van der Waals surface area (Å²) in [5.74, 6) is 0. The van der Waals surface area contributed by atoms with Crippen molar-refractivity contribution in [2.24, 2.45) is 0 Å². The predicted octanol–water partition coefficient (Wildman–Crippen LogP) is 3.16. The van der Waals surface area contributed by atoms with Crippen LogP contribution in [0.15, 0.2) is 16.6 Å². The molecule has 1 aromatic carbocycles. The van der Waals surface area contributed by atoms with Crippen molar-refractivity contribution in [1.29, 1.82) is 0 Å². The van der Waals surface area contributed by atoms with Gasteiger partial charge in [-0.05, 0) is 59.1 Å². The molecule has 1 aromatic rings. The summed E-state index contributed by atoms with van der Waals surface area (Å²) in [6.07, 6.45) is 1.68. The van der Waals surface area contributed by atoms with Gasteiger partial charge in [-0.2, -0.15) is 0 Å². The number of rotatable bonds is 10. The summed E-state index contributed by atoms with van der Waals surface area (Å²) in [5, 5.41) is 8.74. The Bertz CT molecular complexity index is 423. The zero-order chi connectivity index (χ0) is 15.7. The van der Waals surface area contributed by atoms with Crippen molar-refractivity contribution in [2.75, 3.05) is 32.0 Å². The third-order valence-electron chi connectivity index (χ3n) is 3.53. The fraction of sp³-hybridized carbons (Fsp3) is 0.625. The third-order valence-corrected chi connectivity index (χ3v) is 4.18. The second-order valence-corrected chi connectivity index (χ2v) is 5.95. The molecule has 5 heteroatoms. The Morgan fingerprint density at radius 1 is 1.24 bits per heavy atom. The van der Waals surface area contributed by atoms with Gasteiger partial charge in [0, 0.05) is 24.2 Å². The predicted molar refractivity (Wildman–Crippen MR) is 91.2 cm³/mol. The standard InChI is InChI=1S/C16H27BrN2O2/c1-3-19(4-2)11-14-9-13(10-15(17)16(14)18)12-21-8-6-5-7-20/h9-10,20H,3-8,11-12,18H2,1-2H3. The van der Waals surface area contributed by atoms with Gasteiger partial charge >= 0.3 is 0 Å². The summed E-state index contributed by atoms with van der Waals surface area (Å²) in [6, 6.07) is 4.15. The number of benzene rings is 1. The molecule has 0 fully saturated rings. The van der Waals surface area contributed by atoms with Gasteiger partial charge in [0.2, 0.25) is 0 Å². The number of nitrogens with zero attached hydrogens (tertiary/aromatic N) is 1. The van der Waals surface area contributed by atoms with E-state index < -0.39 is 0 Å². The number of unbranched alkanes of at least 4 members (excludes halogenated alkanes) is 1. The van der Waals surface area contributed by atoms with E-state index in [0.29, 0.717) is 13.2 Å². The Hall–Kier alpha value is -0.620. The number of hydrogen-bond donors (Lipinski definition) is 2. The lowest BCUT2D eigenvalue weighted by Crippen LogP contribution is -2.23. The van der Waals surface area contributed by atoms with Crippen molar-refractivity contribution in [3.8, 4) is 0 Å². The lowest BCUT2D eigenvalue weighted by Gasteiger charge is -2.20. The highest BCUT2D eigenvalue weighted by Gasteiger charge is 2.09. The van der Waals surface area contributed by atoms with Crippen LogP contribution in [0.2, 0.25) is 0 Å². The van der Waals surface area contributed by atoms with E-state index in [1.807, 2.05) is 6.07 Å². The highest BCUT2D eigenvalue weighted by Crippen LogP contribution is 2.27. The minimum atomic E-state index is 0.227. The number of halogens is 1. The third kappa shape index (κ3) is 6.34. The fourth-order valence-corrected chi connectivity index (χ4v) is 2.69. The number of aliphatic hydroxyl groups is 1. The zero-order valence-corrected chi connectivity index (χ0v) is 14.7. The lowest BCUT2D eigenvalue weighted by molar-refractivity contribution is 0.112. The van der Waals surface area contributed by atoms with Crippen LogP contribution in [0.4, 0.5) is 5.69 Å². The summed E-state index contributed by atoms with van der Waals surface area (Å²) >= 11 is 3.53. The van der Waals surface area contributed by atoms with E-state index in [2.05, 4.69) is 40.7 Å². The van der Waals surface area contributed by atoms with Gasteiger partial charge in [0.15, 0.2) is 0 Å².